The second-order valence-electron chi connectivity index (χ2n) is 4.99. The number of nitrogens with zero attached hydrogens (tertiary/aromatic N) is 1. The second-order valence-corrected chi connectivity index (χ2v) is 7.06. The maximum atomic E-state index is 12.4. The van der Waals surface area contributed by atoms with Gasteiger partial charge in [0.15, 0.2) is 0 Å². The van der Waals surface area contributed by atoms with Crippen LogP contribution in [0.3, 0.4) is 0 Å². The van der Waals surface area contributed by atoms with Crippen LogP contribution in [-0.4, -0.2) is 31.5 Å². The van der Waals surface area contributed by atoms with Gasteiger partial charge < -0.3 is 5.73 Å². The molecular weight excluding hydrogens is 294 g/mol. The summed E-state index contributed by atoms with van der Waals surface area (Å²) in [7, 11) is -3.54. The summed E-state index contributed by atoms with van der Waals surface area (Å²) in [5.41, 5.74) is 6.86. The highest BCUT2D eigenvalue weighted by Crippen LogP contribution is 2.18. The molecule has 0 aliphatic carbocycles. The van der Waals surface area contributed by atoms with Crippen molar-refractivity contribution in [1.82, 2.24) is 9.84 Å². The van der Waals surface area contributed by atoms with Crippen LogP contribution in [0, 0.1) is 6.92 Å². The summed E-state index contributed by atoms with van der Waals surface area (Å²) < 4.78 is 24.8. The van der Waals surface area contributed by atoms with Crippen molar-refractivity contribution < 1.29 is 8.42 Å². The van der Waals surface area contributed by atoms with Crippen LogP contribution in [-0.2, 0) is 10.0 Å². The van der Waals surface area contributed by atoms with Gasteiger partial charge in [-0.05, 0) is 37.5 Å². The van der Waals surface area contributed by atoms with Crippen molar-refractivity contribution in [2.45, 2.75) is 31.1 Å². The van der Waals surface area contributed by atoms with Crippen molar-refractivity contribution in [2.75, 3.05) is 13.1 Å². The van der Waals surface area contributed by atoms with Crippen LogP contribution in [0.25, 0.3) is 0 Å². The highest BCUT2D eigenvalue weighted by Gasteiger charge is 2.21. The van der Waals surface area contributed by atoms with Gasteiger partial charge in [0.2, 0.25) is 0 Å². The molecule has 3 N–H and O–H groups in total. The first-order chi connectivity index (χ1) is 9.40. The zero-order chi connectivity index (χ0) is 14.8. The Morgan fingerprint density at radius 2 is 1.95 bits per heavy atom. The third-order valence-electron chi connectivity index (χ3n) is 3.35. The number of aryl methyl sites for hydroxylation is 1. The number of piperidine rings is 1. The molecule has 0 radical (unpaired) electrons. The number of hydrogen-bond acceptors (Lipinski definition) is 4. The molecule has 0 unspecified atom stereocenters. The molecule has 1 heterocycles. The fourth-order valence-corrected chi connectivity index (χ4v) is 3.79. The summed E-state index contributed by atoms with van der Waals surface area (Å²) in [6, 6.07) is 4.89. The van der Waals surface area contributed by atoms with Crippen molar-refractivity contribution in [3.8, 4) is 0 Å². The van der Waals surface area contributed by atoms with Gasteiger partial charge in [-0.25, -0.2) is 13.4 Å². The SMILES string of the molecule is Cc1cc(C(N)=S)ccc1S(=O)(=O)NN1CCCCC1. The van der Waals surface area contributed by atoms with Gasteiger partial charge in [0.05, 0.1) is 4.90 Å². The molecule has 0 amide bonds. The average molecular weight is 313 g/mol. The molecular formula is C13H19N3O2S2. The first-order valence-corrected chi connectivity index (χ1v) is 8.47. The Balaban J connectivity index is 2.22. The van der Waals surface area contributed by atoms with E-state index in [1.54, 1.807) is 30.1 Å². The average Bonchev–Trinajstić information content (AvgIpc) is 2.38. The number of nitrogens with two attached hydrogens (primary N) is 1. The third kappa shape index (κ3) is 3.54. The van der Waals surface area contributed by atoms with Gasteiger partial charge in [0, 0.05) is 18.7 Å². The number of hydrogen-bond donors (Lipinski definition) is 2. The molecule has 0 bridgehead atoms. The Kier molecular flexibility index (Phi) is 4.74. The molecule has 1 saturated heterocycles. The van der Waals surface area contributed by atoms with E-state index in [0.29, 0.717) is 11.1 Å². The highest BCUT2D eigenvalue weighted by molar-refractivity contribution is 7.89. The lowest BCUT2D eigenvalue weighted by Gasteiger charge is -2.26. The minimum atomic E-state index is -3.54. The van der Waals surface area contributed by atoms with Gasteiger partial charge in [-0.1, -0.05) is 24.7 Å². The number of sulfonamides is 1. The zero-order valence-corrected chi connectivity index (χ0v) is 13.1. The van der Waals surface area contributed by atoms with Crippen LogP contribution in [0.2, 0.25) is 0 Å². The van der Waals surface area contributed by atoms with Gasteiger partial charge in [0.1, 0.15) is 4.99 Å². The van der Waals surface area contributed by atoms with Gasteiger partial charge in [-0.15, -0.1) is 4.83 Å². The van der Waals surface area contributed by atoms with Crippen molar-refractivity contribution in [2.24, 2.45) is 5.73 Å². The van der Waals surface area contributed by atoms with Crippen molar-refractivity contribution >= 4 is 27.2 Å². The lowest BCUT2D eigenvalue weighted by molar-refractivity contribution is 0.200. The van der Waals surface area contributed by atoms with E-state index in [1.807, 2.05) is 0 Å². The molecule has 2 rings (SSSR count). The quantitative estimate of drug-likeness (QED) is 0.820. The van der Waals surface area contributed by atoms with Crippen LogP contribution >= 0.6 is 12.2 Å². The van der Waals surface area contributed by atoms with E-state index in [2.05, 4.69) is 4.83 Å². The number of nitrogens with one attached hydrogen (secondary N) is 1. The lowest BCUT2D eigenvalue weighted by atomic mass is 10.1. The topological polar surface area (TPSA) is 75.4 Å². The summed E-state index contributed by atoms with van der Waals surface area (Å²) in [5, 5.41) is 1.76. The van der Waals surface area contributed by atoms with Gasteiger partial charge in [-0.3, -0.25) is 0 Å². The maximum absolute atomic E-state index is 12.4. The van der Waals surface area contributed by atoms with Crippen LogP contribution in [0.15, 0.2) is 23.1 Å². The molecule has 1 aromatic carbocycles. The molecule has 20 heavy (non-hydrogen) atoms. The van der Waals surface area contributed by atoms with E-state index in [1.165, 1.54) is 0 Å². The lowest BCUT2D eigenvalue weighted by Crippen LogP contribution is -2.45. The number of hydrazine groups is 1. The van der Waals surface area contributed by atoms with Crippen LogP contribution in [0.5, 0.6) is 0 Å². The molecule has 5 nitrogen and oxygen atoms in total. The van der Waals surface area contributed by atoms with E-state index in [9.17, 15) is 8.42 Å². The third-order valence-corrected chi connectivity index (χ3v) is 5.13. The van der Waals surface area contributed by atoms with Crippen molar-refractivity contribution in [3.05, 3.63) is 29.3 Å². The summed E-state index contributed by atoms with van der Waals surface area (Å²) in [5.74, 6) is 0. The van der Waals surface area contributed by atoms with Crippen molar-refractivity contribution in [3.63, 3.8) is 0 Å². The molecule has 1 aliphatic heterocycles. The first kappa shape index (κ1) is 15.4. The number of thiocarbonyl (C=S) groups is 1. The normalized spacial score (nSPS) is 17.1. The largest absolute Gasteiger partial charge is 0.389 e. The van der Waals surface area contributed by atoms with E-state index in [4.69, 9.17) is 18.0 Å². The number of benzene rings is 1. The molecule has 110 valence electrons. The fourth-order valence-electron chi connectivity index (χ4n) is 2.31. The summed E-state index contributed by atoms with van der Waals surface area (Å²) >= 11 is 4.89. The van der Waals surface area contributed by atoms with Crippen LogP contribution in [0.4, 0.5) is 0 Å². The molecule has 1 fully saturated rings. The Hall–Kier alpha value is -1.02. The molecule has 7 heteroatoms. The molecule has 0 aromatic heterocycles. The monoisotopic (exact) mass is 313 g/mol. The molecule has 0 saturated carbocycles. The zero-order valence-electron chi connectivity index (χ0n) is 11.4. The van der Waals surface area contributed by atoms with E-state index in [0.717, 1.165) is 32.4 Å². The molecule has 0 atom stereocenters. The molecule has 0 spiro atoms. The summed E-state index contributed by atoms with van der Waals surface area (Å²) in [6.45, 7) is 3.25. The minimum absolute atomic E-state index is 0.265. The Bertz CT molecular complexity index is 608. The van der Waals surface area contributed by atoms with Crippen LogP contribution in [0.1, 0.15) is 30.4 Å². The second kappa shape index (κ2) is 6.17. The standard InChI is InChI=1S/C13H19N3O2S2/c1-10-9-11(13(14)19)5-6-12(10)20(17,18)15-16-7-3-2-4-8-16/h5-6,9,15H,2-4,7-8H2,1H3,(H2,14,19). The Labute approximate surface area is 125 Å². The molecule has 1 aliphatic rings. The smallest absolute Gasteiger partial charge is 0.253 e. The van der Waals surface area contributed by atoms with Gasteiger partial charge in [0.25, 0.3) is 10.0 Å². The van der Waals surface area contributed by atoms with Crippen LogP contribution < -0.4 is 10.6 Å². The Morgan fingerprint density at radius 1 is 1.30 bits per heavy atom. The van der Waals surface area contributed by atoms with Gasteiger partial charge >= 0.3 is 0 Å². The summed E-state index contributed by atoms with van der Waals surface area (Å²) in [4.78, 5) is 3.17. The summed E-state index contributed by atoms with van der Waals surface area (Å²) in [6.07, 6.45) is 3.18. The van der Waals surface area contributed by atoms with E-state index >= 15 is 0 Å². The maximum Gasteiger partial charge on any atom is 0.253 e. The molecule has 1 aromatic rings. The minimum Gasteiger partial charge on any atom is -0.389 e. The van der Waals surface area contributed by atoms with E-state index in [-0.39, 0.29) is 9.88 Å². The first-order valence-electron chi connectivity index (χ1n) is 6.58. The van der Waals surface area contributed by atoms with E-state index < -0.39 is 10.0 Å². The van der Waals surface area contributed by atoms with Crippen molar-refractivity contribution in [1.29, 1.82) is 0 Å². The Morgan fingerprint density at radius 3 is 2.50 bits per heavy atom. The fraction of sp³-hybridized carbons (Fsp3) is 0.462. The number of rotatable bonds is 4. The van der Waals surface area contributed by atoms with Gasteiger partial charge in [-0.2, -0.15) is 0 Å². The predicted molar refractivity (Wildman–Crippen MR) is 82.8 cm³/mol. The highest BCUT2D eigenvalue weighted by atomic mass is 32.2. The predicted octanol–water partition coefficient (Wildman–Crippen LogP) is 1.31.